The molecular weight excluding hydrogens is 242 g/mol. The van der Waals surface area contributed by atoms with E-state index in [-0.39, 0.29) is 29.2 Å². The molecule has 19 heavy (non-hydrogen) atoms. The van der Waals surface area contributed by atoms with E-state index in [9.17, 15) is 9.59 Å². The number of fused-ring (bicyclic) bond motifs is 2. The van der Waals surface area contributed by atoms with Crippen molar-refractivity contribution in [3.8, 4) is 0 Å². The number of rotatable bonds is 5. The highest BCUT2D eigenvalue weighted by Gasteiger charge is 2.59. The molecule has 108 valence electrons. The lowest BCUT2D eigenvalue weighted by atomic mass is 9.68. The summed E-state index contributed by atoms with van der Waals surface area (Å²) in [5, 5.41) is 11.8. The van der Waals surface area contributed by atoms with Gasteiger partial charge in [-0.2, -0.15) is 0 Å². The summed E-state index contributed by atoms with van der Waals surface area (Å²) >= 11 is 0. The maximum atomic E-state index is 12.0. The van der Waals surface area contributed by atoms with Crippen molar-refractivity contribution in [1.29, 1.82) is 0 Å². The minimum absolute atomic E-state index is 0.00750. The zero-order valence-electron chi connectivity index (χ0n) is 12.2. The molecular formula is C15H25NO3. The summed E-state index contributed by atoms with van der Waals surface area (Å²) < 4.78 is 0. The van der Waals surface area contributed by atoms with Crippen LogP contribution >= 0.6 is 0 Å². The van der Waals surface area contributed by atoms with E-state index in [2.05, 4.69) is 26.1 Å². The van der Waals surface area contributed by atoms with Gasteiger partial charge in [-0.1, -0.05) is 20.8 Å². The molecule has 4 nitrogen and oxygen atoms in total. The molecule has 2 rings (SSSR count). The van der Waals surface area contributed by atoms with E-state index in [0.29, 0.717) is 18.8 Å². The third-order valence-electron chi connectivity index (χ3n) is 5.37. The lowest BCUT2D eigenvalue weighted by Crippen LogP contribution is -2.52. The van der Waals surface area contributed by atoms with Gasteiger partial charge >= 0.3 is 5.97 Å². The SMILES string of the molecule is CC12CCC(C1)C(C)(C)C2NC(=O)CCCC(=O)O. The fourth-order valence-corrected chi connectivity index (χ4v) is 4.30. The Morgan fingerprint density at radius 1 is 1.26 bits per heavy atom. The van der Waals surface area contributed by atoms with Crippen LogP contribution in [0, 0.1) is 16.7 Å². The fourth-order valence-electron chi connectivity index (χ4n) is 4.30. The first-order chi connectivity index (χ1) is 8.75. The minimum Gasteiger partial charge on any atom is -0.481 e. The van der Waals surface area contributed by atoms with Crippen molar-refractivity contribution >= 4 is 11.9 Å². The molecule has 0 radical (unpaired) electrons. The minimum atomic E-state index is -0.833. The van der Waals surface area contributed by atoms with Crippen LogP contribution in [0.2, 0.25) is 0 Å². The Balaban J connectivity index is 1.91. The topological polar surface area (TPSA) is 66.4 Å². The lowest BCUT2D eigenvalue weighted by Gasteiger charge is -2.43. The van der Waals surface area contributed by atoms with E-state index in [1.807, 2.05) is 0 Å². The van der Waals surface area contributed by atoms with Gasteiger partial charge in [0.25, 0.3) is 0 Å². The van der Waals surface area contributed by atoms with Crippen molar-refractivity contribution in [3.05, 3.63) is 0 Å². The van der Waals surface area contributed by atoms with Gasteiger partial charge in [0.2, 0.25) is 5.91 Å². The Hall–Kier alpha value is -1.06. The van der Waals surface area contributed by atoms with Crippen LogP contribution in [0.3, 0.4) is 0 Å². The molecule has 4 heteroatoms. The van der Waals surface area contributed by atoms with Crippen LogP contribution in [0.5, 0.6) is 0 Å². The molecule has 0 spiro atoms. The van der Waals surface area contributed by atoms with Gasteiger partial charge in [-0.3, -0.25) is 9.59 Å². The van der Waals surface area contributed by atoms with Gasteiger partial charge < -0.3 is 10.4 Å². The van der Waals surface area contributed by atoms with Crippen LogP contribution in [0.4, 0.5) is 0 Å². The van der Waals surface area contributed by atoms with Crippen LogP contribution in [0.25, 0.3) is 0 Å². The molecule has 2 aliphatic rings. The van der Waals surface area contributed by atoms with E-state index in [1.54, 1.807) is 0 Å². The summed E-state index contributed by atoms with van der Waals surface area (Å²) in [5.74, 6) is -0.116. The highest BCUT2D eigenvalue weighted by molar-refractivity contribution is 5.77. The van der Waals surface area contributed by atoms with Gasteiger partial charge in [-0.15, -0.1) is 0 Å². The third-order valence-corrected chi connectivity index (χ3v) is 5.37. The fraction of sp³-hybridized carbons (Fsp3) is 0.867. The third kappa shape index (κ3) is 2.63. The predicted molar refractivity (Wildman–Crippen MR) is 72.6 cm³/mol. The zero-order chi connectivity index (χ0) is 14.3. The monoisotopic (exact) mass is 267 g/mol. The second-order valence-electron chi connectivity index (χ2n) is 7.16. The standard InChI is InChI=1S/C15H25NO3/c1-14(2)10-7-8-15(3,9-10)13(14)16-11(17)5-4-6-12(18)19/h10,13H,4-9H2,1-3H3,(H,16,17)(H,18,19). The molecule has 2 saturated carbocycles. The van der Waals surface area contributed by atoms with E-state index in [4.69, 9.17) is 5.11 Å². The van der Waals surface area contributed by atoms with Gasteiger partial charge in [0, 0.05) is 18.9 Å². The van der Waals surface area contributed by atoms with Crippen molar-refractivity contribution in [3.63, 3.8) is 0 Å². The van der Waals surface area contributed by atoms with Gasteiger partial charge in [0.1, 0.15) is 0 Å². The Bertz CT molecular complexity index is 386. The number of amides is 1. The first kappa shape index (κ1) is 14.4. The van der Waals surface area contributed by atoms with Crippen LogP contribution in [-0.4, -0.2) is 23.0 Å². The molecule has 0 aliphatic heterocycles. The summed E-state index contributed by atoms with van der Waals surface area (Å²) in [4.78, 5) is 22.4. The molecule has 2 N–H and O–H groups in total. The molecule has 0 heterocycles. The largest absolute Gasteiger partial charge is 0.481 e. The first-order valence-electron chi connectivity index (χ1n) is 7.27. The summed E-state index contributed by atoms with van der Waals surface area (Å²) in [6.45, 7) is 6.79. The maximum Gasteiger partial charge on any atom is 0.303 e. The van der Waals surface area contributed by atoms with Crippen LogP contribution in [0.15, 0.2) is 0 Å². The highest BCUT2D eigenvalue weighted by atomic mass is 16.4. The lowest BCUT2D eigenvalue weighted by molar-refractivity contribution is -0.137. The van der Waals surface area contributed by atoms with Gasteiger partial charge in [-0.05, 0) is 42.4 Å². The molecule has 2 aliphatic carbocycles. The number of hydrogen-bond donors (Lipinski definition) is 2. The predicted octanol–water partition coefficient (Wildman–Crippen LogP) is 2.57. The van der Waals surface area contributed by atoms with Gasteiger partial charge in [0.05, 0.1) is 0 Å². The van der Waals surface area contributed by atoms with E-state index in [0.717, 1.165) is 0 Å². The number of carboxylic acids is 1. The molecule has 0 aromatic rings. The molecule has 0 aromatic heterocycles. The first-order valence-corrected chi connectivity index (χ1v) is 7.27. The van der Waals surface area contributed by atoms with Gasteiger partial charge in [-0.25, -0.2) is 0 Å². The van der Waals surface area contributed by atoms with Crippen LogP contribution < -0.4 is 5.32 Å². The average molecular weight is 267 g/mol. The highest BCUT2D eigenvalue weighted by Crippen LogP contribution is 2.62. The summed E-state index contributed by atoms with van der Waals surface area (Å²) in [6.07, 6.45) is 4.49. The number of aliphatic carboxylic acids is 1. The van der Waals surface area contributed by atoms with Gasteiger partial charge in [0.15, 0.2) is 0 Å². The molecule has 0 aromatic carbocycles. The zero-order valence-corrected chi connectivity index (χ0v) is 12.2. The van der Waals surface area contributed by atoms with Crippen LogP contribution in [-0.2, 0) is 9.59 Å². The quantitative estimate of drug-likeness (QED) is 0.804. The molecule has 1 amide bonds. The Labute approximate surface area is 115 Å². The second kappa shape index (κ2) is 4.80. The number of carboxylic acid groups (broad SMARTS) is 1. The smallest absolute Gasteiger partial charge is 0.303 e. The molecule has 3 atom stereocenters. The second-order valence-corrected chi connectivity index (χ2v) is 7.16. The Morgan fingerprint density at radius 3 is 2.47 bits per heavy atom. The summed E-state index contributed by atoms with van der Waals surface area (Å²) in [5.41, 5.74) is 0.395. The average Bonchev–Trinajstić information content (AvgIpc) is 2.75. The van der Waals surface area contributed by atoms with Crippen molar-refractivity contribution in [2.45, 2.75) is 65.3 Å². The summed E-state index contributed by atoms with van der Waals surface area (Å²) in [7, 11) is 0. The van der Waals surface area contributed by atoms with E-state index in [1.165, 1.54) is 19.3 Å². The Kier molecular flexibility index (Phi) is 3.63. The van der Waals surface area contributed by atoms with Crippen molar-refractivity contribution in [1.82, 2.24) is 5.32 Å². The number of nitrogens with one attached hydrogen (secondary N) is 1. The maximum absolute atomic E-state index is 12.0. The van der Waals surface area contributed by atoms with Crippen molar-refractivity contribution in [2.75, 3.05) is 0 Å². The molecule has 2 bridgehead atoms. The Morgan fingerprint density at radius 2 is 1.95 bits per heavy atom. The molecule has 2 fully saturated rings. The number of hydrogen-bond acceptors (Lipinski definition) is 2. The molecule has 0 saturated heterocycles. The molecule has 3 unspecified atom stereocenters. The van der Waals surface area contributed by atoms with Crippen molar-refractivity contribution in [2.24, 2.45) is 16.7 Å². The number of carbonyl (C=O) groups excluding carboxylic acids is 1. The van der Waals surface area contributed by atoms with E-state index < -0.39 is 5.97 Å². The van der Waals surface area contributed by atoms with E-state index >= 15 is 0 Å². The van der Waals surface area contributed by atoms with Crippen LogP contribution in [0.1, 0.15) is 59.3 Å². The van der Waals surface area contributed by atoms with Crippen molar-refractivity contribution < 1.29 is 14.7 Å². The normalized spacial score (nSPS) is 35.3. The number of carbonyl (C=O) groups is 2. The summed E-state index contributed by atoms with van der Waals surface area (Å²) in [6, 6.07) is 0.232.